The van der Waals surface area contributed by atoms with Gasteiger partial charge in [0, 0.05) is 11.6 Å². The molecular weight excluding hydrogens is 429 g/mol. The monoisotopic (exact) mass is 455 g/mol. The third-order valence-corrected chi connectivity index (χ3v) is 5.54. The number of ether oxygens (including phenoxy) is 2. The summed E-state index contributed by atoms with van der Waals surface area (Å²) in [6.45, 7) is 1.28. The van der Waals surface area contributed by atoms with Gasteiger partial charge in [-0.15, -0.1) is 0 Å². The smallest absolute Gasteiger partial charge is 0.429 e. The van der Waals surface area contributed by atoms with E-state index in [1.54, 1.807) is 13.0 Å². The van der Waals surface area contributed by atoms with Crippen LogP contribution in [0.25, 0.3) is 0 Å². The van der Waals surface area contributed by atoms with E-state index in [9.17, 15) is 22.0 Å². The molecule has 1 saturated carbocycles. The zero-order chi connectivity index (χ0) is 23.1. The summed E-state index contributed by atoms with van der Waals surface area (Å²) >= 11 is 0. The van der Waals surface area contributed by atoms with Gasteiger partial charge in [0.25, 0.3) is 0 Å². The van der Waals surface area contributed by atoms with Crippen LogP contribution in [0.4, 0.5) is 22.0 Å². The van der Waals surface area contributed by atoms with Crippen molar-refractivity contribution in [3.8, 4) is 11.5 Å². The minimum Gasteiger partial charge on any atom is -0.491 e. The average molecular weight is 455 g/mol. The first kappa shape index (κ1) is 24.0. The molecule has 1 heterocycles. The van der Waals surface area contributed by atoms with Gasteiger partial charge in [-0.25, -0.2) is 4.39 Å². The van der Waals surface area contributed by atoms with E-state index in [1.807, 2.05) is 6.08 Å². The number of aromatic nitrogens is 1. The Morgan fingerprint density at radius 1 is 1.06 bits per heavy atom. The first-order chi connectivity index (χ1) is 15.4. The predicted octanol–water partition coefficient (Wildman–Crippen LogP) is 7.08. The van der Waals surface area contributed by atoms with Crippen LogP contribution in [-0.4, -0.2) is 18.3 Å². The number of benzene rings is 1. The average Bonchev–Trinajstić information content (AvgIpc) is 2.78. The molecule has 32 heavy (non-hydrogen) atoms. The number of allylic oxidation sites excluding steroid dienone is 2. The van der Waals surface area contributed by atoms with Gasteiger partial charge in [0.1, 0.15) is 11.3 Å². The molecule has 2 aromatic rings. The SMILES string of the molecule is CCOc1ccc(C(F)(F)Oc2ccc(C3CCC(/C=C/CCF)CC3)nc2)c(F)c1F. The van der Waals surface area contributed by atoms with Crippen LogP contribution in [-0.2, 0) is 6.11 Å². The van der Waals surface area contributed by atoms with E-state index < -0.39 is 29.1 Å². The van der Waals surface area contributed by atoms with Gasteiger partial charge in [-0.3, -0.25) is 9.37 Å². The van der Waals surface area contributed by atoms with Crippen molar-refractivity contribution < 1.29 is 31.4 Å². The second kappa shape index (κ2) is 10.8. The summed E-state index contributed by atoms with van der Waals surface area (Å²) in [7, 11) is 0. The predicted molar refractivity (Wildman–Crippen MR) is 111 cm³/mol. The molecule has 0 unspecified atom stereocenters. The Morgan fingerprint density at radius 2 is 1.81 bits per heavy atom. The second-order valence-electron chi connectivity index (χ2n) is 7.73. The van der Waals surface area contributed by atoms with Gasteiger partial charge in [0.2, 0.25) is 5.82 Å². The van der Waals surface area contributed by atoms with E-state index >= 15 is 0 Å². The molecule has 3 nitrogen and oxygen atoms in total. The molecule has 0 atom stereocenters. The van der Waals surface area contributed by atoms with Crippen molar-refractivity contribution in [2.24, 2.45) is 5.92 Å². The van der Waals surface area contributed by atoms with Crippen LogP contribution in [0.1, 0.15) is 56.2 Å². The van der Waals surface area contributed by atoms with Crippen LogP contribution in [0, 0.1) is 17.6 Å². The Bertz CT molecular complexity index is 909. The van der Waals surface area contributed by atoms with E-state index in [-0.39, 0.29) is 24.9 Å². The lowest BCUT2D eigenvalue weighted by molar-refractivity contribution is -0.187. The van der Waals surface area contributed by atoms with Crippen LogP contribution in [0.3, 0.4) is 0 Å². The van der Waals surface area contributed by atoms with Gasteiger partial charge in [-0.2, -0.15) is 13.2 Å². The van der Waals surface area contributed by atoms with Gasteiger partial charge in [0.05, 0.1) is 19.5 Å². The molecule has 0 amide bonds. The van der Waals surface area contributed by atoms with Crippen LogP contribution in [0.5, 0.6) is 11.5 Å². The molecule has 0 saturated heterocycles. The van der Waals surface area contributed by atoms with Gasteiger partial charge >= 0.3 is 6.11 Å². The Balaban J connectivity index is 1.64. The van der Waals surface area contributed by atoms with Gasteiger partial charge < -0.3 is 9.47 Å². The maximum atomic E-state index is 14.5. The van der Waals surface area contributed by atoms with Crippen LogP contribution in [0.15, 0.2) is 42.6 Å². The number of hydrogen-bond donors (Lipinski definition) is 0. The molecule has 1 aromatic carbocycles. The van der Waals surface area contributed by atoms with Crippen molar-refractivity contribution in [3.05, 3.63) is 65.5 Å². The summed E-state index contributed by atoms with van der Waals surface area (Å²) in [5.74, 6) is -3.28. The molecular formula is C24H26F5NO2. The van der Waals surface area contributed by atoms with Crippen molar-refractivity contribution >= 4 is 0 Å². The van der Waals surface area contributed by atoms with E-state index in [0.29, 0.717) is 12.3 Å². The van der Waals surface area contributed by atoms with Gasteiger partial charge in [-0.1, -0.05) is 12.2 Å². The molecule has 8 heteroatoms. The first-order valence-corrected chi connectivity index (χ1v) is 10.7. The Morgan fingerprint density at radius 3 is 2.44 bits per heavy atom. The molecule has 174 valence electrons. The highest BCUT2D eigenvalue weighted by molar-refractivity contribution is 5.33. The quantitative estimate of drug-likeness (QED) is 0.299. The summed E-state index contributed by atoms with van der Waals surface area (Å²) in [4.78, 5) is 4.25. The highest BCUT2D eigenvalue weighted by Crippen LogP contribution is 2.38. The second-order valence-corrected chi connectivity index (χ2v) is 7.73. The highest BCUT2D eigenvalue weighted by Gasteiger charge is 2.39. The normalized spacial score (nSPS) is 19.3. The van der Waals surface area contributed by atoms with Crippen molar-refractivity contribution in [3.63, 3.8) is 0 Å². The molecule has 0 bridgehead atoms. The Labute approximate surface area is 184 Å². The number of nitrogens with zero attached hydrogens (tertiary/aromatic N) is 1. The van der Waals surface area contributed by atoms with Crippen LogP contribution in [0.2, 0.25) is 0 Å². The fourth-order valence-corrected chi connectivity index (χ4v) is 3.88. The molecule has 1 fully saturated rings. The molecule has 3 rings (SSSR count). The minimum absolute atomic E-state index is 0.0676. The maximum Gasteiger partial charge on any atom is 0.429 e. The van der Waals surface area contributed by atoms with Crippen molar-refractivity contribution in [2.75, 3.05) is 13.3 Å². The van der Waals surface area contributed by atoms with Crippen molar-refractivity contribution in [2.45, 2.75) is 51.1 Å². The molecule has 0 N–H and O–H groups in total. The minimum atomic E-state index is -4.09. The first-order valence-electron chi connectivity index (χ1n) is 10.7. The number of hydrogen-bond acceptors (Lipinski definition) is 3. The van der Waals surface area contributed by atoms with Crippen LogP contribution >= 0.6 is 0 Å². The summed E-state index contributed by atoms with van der Waals surface area (Å²) in [6, 6.07) is 4.65. The molecule has 0 radical (unpaired) electrons. The number of rotatable bonds is 9. The summed E-state index contributed by atoms with van der Waals surface area (Å²) in [6.07, 6.45) is 5.13. The number of halogens is 5. The molecule has 1 aliphatic carbocycles. The molecule has 1 aromatic heterocycles. The molecule has 1 aliphatic rings. The lowest BCUT2D eigenvalue weighted by atomic mass is 9.80. The zero-order valence-corrected chi connectivity index (χ0v) is 17.8. The molecule has 0 spiro atoms. The lowest BCUT2D eigenvalue weighted by Gasteiger charge is -2.26. The standard InChI is InChI=1S/C24H26F5NO2/c1-2-31-21-13-11-19(22(26)23(21)27)24(28,29)32-18-10-12-20(30-15-18)17-8-6-16(7-9-17)5-3-4-14-25/h3,5,10-13,15-17H,2,4,6-9,14H2,1H3/b5-3+. The van der Waals surface area contributed by atoms with E-state index in [4.69, 9.17) is 4.74 Å². The lowest BCUT2D eigenvalue weighted by Crippen LogP contribution is -2.24. The van der Waals surface area contributed by atoms with Crippen molar-refractivity contribution in [1.29, 1.82) is 0 Å². The van der Waals surface area contributed by atoms with E-state index in [1.165, 1.54) is 12.3 Å². The Kier molecular flexibility index (Phi) is 8.10. The Hall–Kier alpha value is -2.64. The van der Waals surface area contributed by atoms with Crippen LogP contribution < -0.4 is 9.47 Å². The van der Waals surface area contributed by atoms with E-state index in [2.05, 4.69) is 15.8 Å². The van der Waals surface area contributed by atoms with E-state index in [0.717, 1.165) is 43.5 Å². The topological polar surface area (TPSA) is 31.4 Å². The summed E-state index contributed by atoms with van der Waals surface area (Å²) in [5.41, 5.74) is -0.452. The van der Waals surface area contributed by atoms with Gasteiger partial charge in [-0.05, 0) is 69.2 Å². The van der Waals surface area contributed by atoms with Gasteiger partial charge in [0.15, 0.2) is 11.6 Å². The van der Waals surface area contributed by atoms with Crippen molar-refractivity contribution in [1.82, 2.24) is 4.98 Å². The fourth-order valence-electron chi connectivity index (χ4n) is 3.88. The number of alkyl halides is 3. The number of pyridine rings is 1. The summed E-state index contributed by atoms with van der Waals surface area (Å²) < 4.78 is 78.9. The zero-order valence-electron chi connectivity index (χ0n) is 17.8. The fraction of sp³-hybridized carbons (Fsp3) is 0.458. The third-order valence-electron chi connectivity index (χ3n) is 5.54. The third kappa shape index (κ3) is 5.78. The largest absolute Gasteiger partial charge is 0.491 e. The molecule has 0 aliphatic heterocycles. The summed E-state index contributed by atoms with van der Waals surface area (Å²) in [5, 5.41) is 0. The highest BCUT2D eigenvalue weighted by atomic mass is 19.3. The maximum absolute atomic E-state index is 14.5.